The van der Waals surface area contributed by atoms with Gasteiger partial charge >= 0.3 is 0 Å². The van der Waals surface area contributed by atoms with Crippen LogP contribution >= 0.6 is 23.4 Å². The first-order chi connectivity index (χ1) is 12.5. The van der Waals surface area contributed by atoms with Gasteiger partial charge < -0.3 is 8.98 Å². The molecular formula is C19H18ClN3O2S. The van der Waals surface area contributed by atoms with Gasteiger partial charge in [0.15, 0.2) is 5.78 Å². The van der Waals surface area contributed by atoms with Crippen LogP contribution in [0.15, 0.2) is 40.0 Å². The highest BCUT2D eigenvalue weighted by atomic mass is 35.5. The van der Waals surface area contributed by atoms with Crippen LogP contribution in [0.25, 0.3) is 5.69 Å². The zero-order chi connectivity index (χ0) is 18.3. The summed E-state index contributed by atoms with van der Waals surface area (Å²) in [5.41, 5.74) is 3.63. The van der Waals surface area contributed by atoms with Crippen molar-refractivity contribution in [3.63, 3.8) is 0 Å². The molecule has 0 amide bonds. The van der Waals surface area contributed by atoms with E-state index >= 15 is 0 Å². The van der Waals surface area contributed by atoms with E-state index in [-0.39, 0.29) is 11.5 Å². The smallest absolute Gasteiger partial charge is 0.277 e. The highest BCUT2D eigenvalue weighted by Crippen LogP contribution is 2.39. The van der Waals surface area contributed by atoms with Crippen molar-refractivity contribution in [2.45, 2.75) is 37.8 Å². The molecule has 5 nitrogen and oxygen atoms in total. The summed E-state index contributed by atoms with van der Waals surface area (Å²) in [6.45, 7) is 3.95. The summed E-state index contributed by atoms with van der Waals surface area (Å²) in [6.07, 6.45) is 2.23. The van der Waals surface area contributed by atoms with Crippen molar-refractivity contribution in [3.8, 4) is 5.69 Å². The Balaban J connectivity index is 1.50. The van der Waals surface area contributed by atoms with E-state index in [1.165, 1.54) is 11.8 Å². The Labute approximate surface area is 160 Å². The SMILES string of the molecule is Cc1cc(C(=O)CSc2nnc(C3CC3)o2)c(C)n1-c1ccc(Cl)cc1. The molecule has 1 aliphatic rings. The molecule has 0 atom stereocenters. The first kappa shape index (κ1) is 17.4. The first-order valence-electron chi connectivity index (χ1n) is 8.47. The Morgan fingerprint density at radius 2 is 2.00 bits per heavy atom. The molecule has 0 saturated heterocycles. The summed E-state index contributed by atoms with van der Waals surface area (Å²) in [5, 5.41) is 9.22. The molecule has 1 saturated carbocycles. The van der Waals surface area contributed by atoms with Gasteiger partial charge in [-0.3, -0.25) is 4.79 Å². The Hall–Kier alpha value is -2.05. The molecule has 3 aromatic rings. The number of hydrogen-bond acceptors (Lipinski definition) is 5. The highest BCUT2D eigenvalue weighted by Gasteiger charge is 2.29. The minimum absolute atomic E-state index is 0.0504. The second kappa shape index (κ2) is 6.93. The number of halogens is 1. The Kier molecular flexibility index (Phi) is 4.63. The fraction of sp³-hybridized carbons (Fsp3) is 0.316. The third-order valence-corrected chi connectivity index (χ3v) is 5.56. The molecule has 0 unspecified atom stereocenters. The lowest BCUT2D eigenvalue weighted by atomic mass is 10.2. The predicted octanol–water partition coefficient (Wildman–Crippen LogP) is 4.98. The highest BCUT2D eigenvalue weighted by molar-refractivity contribution is 7.99. The number of thioether (sulfide) groups is 1. The van der Waals surface area contributed by atoms with Crippen LogP contribution in [0.4, 0.5) is 0 Å². The first-order valence-corrected chi connectivity index (χ1v) is 9.83. The van der Waals surface area contributed by atoms with Crippen LogP contribution in [-0.2, 0) is 0 Å². The lowest BCUT2D eigenvalue weighted by Gasteiger charge is -2.09. The van der Waals surface area contributed by atoms with Gasteiger partial charge in [0.2, 0.25) is 5.89 Å². The number of benzene rings is 1. The van der Waals surface area contributed by atoms with Gasteiger partial charge in [-0.05, 0) is 57.0 Å². The fourth-order valence-corrected chi connectivity index (χ4v) is 3.79. The zero-order valence-corrected chi connectivity index (χ0v) is 16.1. The van der Waals surface area contributed by atoms with Crippen LogP contribution in [0, 0.1) is 13.8 Å². The largest absolute Gasteiger partial charge is 0.416 e. The molecule has 4 rings (SSSR count). The van der Waals surface area contributed by atoms with E-state index in [0.29, 0.717) is 27.6 Å². The fourth-order valence-electron chi connectivity index (χ4n) is 3.01. The molecule has 0 N–H and O–H groups in total. The van der Waals surface area contributed by atoms with Gasteiger partial charge in [0, 0.05) is 33.6 Å². The molecule has 0 bridgehead atoms. The second-order valence-corrected chi connectivity index (χ2v) is 7.85. The number of rotatable bonds is 6. The Morgan fingerprint density at radius 1 is 1.27 bits per heavy atom. The molecule has 2 heterocycles. The zero-order valence-electron chi connectivity index (χ0n) is 14.5. The molecule has 7 heteroatoms. The predicted molar refractivity (Wildman–Crippen MR) is 102 cm³/mol. The van der Waals surface area contributed by atoms with E-state index < -0.39 is 0 Å². The van der Waals surface area contributed by atoms with Crippen LogP contribution < -0.4 is 0 Å². The molecule has 1 aliphatic carbocycles. The molecule has 0 aliphatic heterocycles. The molecule has 26 heavy (non-hydrogen) atoms. The van der Waals surface area contributed by atoms with Crippen molar-refractivity contribution >= 4 is 29.1 Å². The summed E-state index contributed by atoms with van der Waals surface area (Å²) in [7, 11) is 0. The van der Waals surface area contributed by atoms with E-state index in [9.17, 15) is 4.79 Å². The maximum Gasteiger partial charge on any atom is 0.277 e. The lowest BCUT2D eigenvalue weighted by molar-refractivity contribution is 0.102. The monoisotopic (exact) mass is 387 g/mol. The van der Waals surface area contributed by atoms with E-state index in [2.05, 4.69) is 14.8 Å². The van der Waals surface area contributed by atoms with E-state index in [1.807, 2.05) is 44.2 Å². The summed E-state index contributed by atoms with van der Waals surface area (Å²) >= 11 is 7.27. The maximum atomic E-state index is 12.7. The molecule has 0 spiro atoms. The van der Waals surface area contributed by atoms with Gasteiger partial charge in [-0.1, -0.05) is 23.4 Å². The third kappa shape index (κ3) is 3.44. The normalized spacial score (nSPS) is 14.0. The molecule has 2 aromatic heterocycles. The van der Waals surface area contributed by atoms with Gasteiger partial charge in [-0.2, -0.15) is 0 Å². The van der Waals surface area contributed by atoms with E-state index in [4.69, 9.17) is 16.0 Å². The van der Waals surface area contributed by atoms with Gasteiger partial charge in [-0.15, -0.1) is 10.2 Å². The number of Topliss-reactive ketones (excluding diaryl/α,β-unsaturated/α-hetero) is 1. The van der Waals surface area contributed by atoms with Gasteiger partial charge in [0.1, 0.15) is 0 Å². The van der Waals surface area contributed by atoms with Crippen molar-refractivity contribution in [3.05, 3.63) is 58.2 Å². The maximum absolute atomic E-state index is 12.7. The standard InChI is InChI=1S/C19H18ClN3O2S/c1-11-9-16(12(2)23(11)15-7-5-14(20)6-8-15)17(24)10-26-19-22-21-18(25-19)13-3-4-13/h5-9,13H,3-4,10H2,1-2H3. The number of nitrogens with zero attached hydrogens (tertiary/aromatic N) is 3. The molecular weight excluding hydrogens is 370 g/mol. The molecule has 1 aromatic carbocycles. The number of aryl methyl sites for hydroxylation is 1. The van der Waals surface area contributed by atoms with E-state index in [0.717, 1.165) is 29.9 Å². The number of hydrogen-bond donors (Lipinski definition) is 0. The van der Waals surface area contributed by atoms with Crippen molar-refractivity contribution < 1.29 is 9.21 Å². The molecule has 134 valence electrons. The van der Waals surface area contributed by atoms with Gasteiger partial charge in [-0.25, -0.2) is 0 Å². The van der Waals surface area contributed by atoms with Crippen LogP contribution in [-0.4, -0.2) is 26.3 Å². The summed E-state index contributed by atoms with van der Waals surface area (Å²) in [4.78, 5) is 12.7. The van der Waals surface area contributed by atoms with Crippen molar-refractivity contribution in [1.29, 1.82) is 0 Å². The van der Waals surface area contributed by atoms with Crippen LogP contribution in [0.2, 0.25) is 5.02 Å². The summed E-state index contributed by atoms with van der Waals surface area (Å²) < 4.78 is 7.67. The van der Waals surface area contributed by atoms with Crippen molar-refractivity contribution in [1.82, 2.24) is 14.8 Å². The second-order valence-electron chi connectivity index (χ2n) is 6.49. The average molecular weight is 388 g/mol. The molecule has 0 radical (unpaired) electrons. The number of aromatic nitrogens is 3. The minimum atomic E-state index is 0.0504. The third-order valence-electron chi connectivity index (χ3n) is 4.49. The van der Waals surface area contributed by atoms with Crippen LogP contribution in [0.5, 0.6) is 0 Å². The number of carbonyl (C=O) groups is 1. The molecule has 1 fully saturated rings. The minimum Gasteiger partial charge on any atom is -0.416 e. The number of carbonyl (C=O) groups excluding carboxylic acids is 1. The Morgan fingerprint density at radius 3 is 2.69 bits per heavy atom. The Bertz CT molecular complexity index is 958. The van der Waals surface area contributed by atoms with Gasteiger partial charge in [0.05, 0.1) is 5.75 Å². The van der Waals surface area contributed by atoms with Crippen molar-refractivity contribution in [2.75, 3.05) is 5.75 Å². The lowest BCUT2D eigenvalue weighted by Crippen LogP contribution is -2.05. The van der Waals surface area contributed by atoms with Crippen molar-refractivity contribution in [2.24, 2.45) is 0 Å². The summed E-state index contributed by atoms with van der Waals surface area (Å²) in [6, 6.07) is 9.52. The van der Waals surface area contributed by atoms with E-state index in [1.54, 1.807) is 0 Å². The number of ketones is 1. The summed E-state index contributed by atoms with van der Waals surface area (Å²) in [5.74, 6) is 1.44. The van der Waals surface area contributed by atoms with Gasteiger partial charge in [0.25, 0.3) is 5.22 Å². The average Bonchev–Trinajstić information content (AvgIpc) is 3.29. The topological polar surface area (TPSA) is 60.9 Å². The van der Waals surface area contributed by atoms with Crippen LogP contribution in [0.3, 0.4) is 0 Å². The van der Waals surface area contributed by atoms with Crippen LogP contribution in [0.1, 0.15) is 46.4 Å². The quantitative estimate of drug-likeness (QED) is 0.440.